The van der Waals surface area contributed by atoms with E-state index >= 15 is 0 Å². The quantitative estimate of drug-likeness (QED) is 0.838. The van der Waals surface area contributed by atoms with Gasteiger partial charge in [0.2, 0.25) is 5.91 Å². The maximum Gasteiger partial charge on any atom is 0.223 e. The highest BCUT2D eigenvalue weighted by Crippen LogP contribution is 2.43. The Kier molecular flexibility index (Phi) is 4.03. The zero-order chi connectivity index (χ0) is 12.5. The molecule has 4 heteroatoms. The molecule has 3 nitrogen and oxygen atoms in total. The first-order chi connectivity index (χ1) is 8.08. The Morgan fingerprint density at radius 1 is 1.47 bits per heavy atom. The van der Waals surface area contributed by atoms with Crippen LogP contribution in [0.3, 0.4) is 0 Å². The fourth-order valence-electron chi connectivity index (χ4n) is 2.84. The van der Waals surface area contributed by atoms with E-state index in [0.29, 0.717) is 30.2 Å². The topological polar surface area (TPSA) is 46.3 Å². The summed E-state index contributed by atoms with van der Waals surface area (Å²) in [6.07, 6.45) is 4.20. The van der Waals surface area contributed by atoms with Crippen LogP contribution < -0.4 is 5.73 Å². The van der Waals surface area contributed by atoms with Crippen LogP contribution in [0.15, 0.2) is 0 Å². The van der Waals surface area contributed by atoms with Crippen molar-refractivity contribution < 1.29 is 4.79 Å². The molecular formula is C13H24N2OS. The molecule has 0 aromatic rings. The Morgan fingerprint density at radius 2 is 2.18 bits per heavy atom. The Hall–Kier alpha value is -0.220. The molecule has 17 heavy (non-hydrogen) atoms. The molecular weight excluding hydrogens is 232 g/mol. The van der Waals surface area contributed by atoms with E-state index in [2.05, 4.69) is 18.7 Å². The van der Waals surface area contributed by atoms with Crippen molar-refractivity contribution in [2.45, 2.75) is 50.8 Å². The Labute approximate surface area is 108 Å². The number of hydrogen-bond acceptors (Lipinski definition) is 3. The number of amides is 1. The van der Waals surface area contributed by atoms with E-state index < -0.39 is 0 Å². The van der Waals surface area contributed by atoms with Crippen LogP contribution in [0.25, 0.3) is 0 Å². The zero-order valence-corrected chi connectivity index (χ0v) is 11.8. The largest absolute Gasteiger partial charge is 0.338 e. The first-order valence-corrected chi connectivity index (χ1v) is 7.74. The number of carbonyl (C=O) groups excluding carboxylic acids is 1. The predicted molar refractivity (Wildman–Crippen MR) is 73.1 cm³/mol. The Morgan fingerprint density at radius 3 is 2.71 bits per heavy atom. The van der Waals surface area contributed by atoms with Gasteiger partial charge in [-0.2, -0.15) is 11.8 Å². The third kappa shape index (κ3) is 2.63. The minimum atomic E-state index is 0.143. The monoisotopic (exact) mass is 256 g/mol. The molecule has 2 fully saturated rings. The summed E-state index contributed by atoms with van der Waals surface area (Å²) in [6.45, 7) is 5.97. The van der Waals surface area contributed by atoms with Crippen molar-refractivity contribution in [2.75, 3.05) is 18.8 Å². The number of thioether (sulfide) groups is 1. The second-order valence-electron chi connectivity index (χ2n) is 5.64. The van der Waals surface area contributed by atoms with Gasteiger partial charge < -0.3 is 10.6 Å². The van der Waals surface area contributed by atoms with Crippen molar-refractivity contribution in [3.63, 3.8) is 0 Å². The van der Waals surface area contributed by atoms with Crippen molar-refractivity contribution >= 4 is 17.7 Å². The predicted octanol–water partition coefficient (Wildman–Crippen LogP) is 1.86. The molecule has 2 N–H and O–H groups in total. The van der Waals surface area contributed by atoms with Crippen molar-refractivity contribution in [1.29, 1.82) is 0 Å². The summed E-state index contributed by atoms with van der Waals surface area (Å²) in [7, 11) is 0. The number of rotatable bonds is 3. The van der Waals surface area contributed by atoms with Crippen molar-refractivity contribution in [3.8, 4) is 0 Å². The highest BCUT2D eigenvalue weighted by Gasteiger charge is 2.40. The van der Waals surface area contributed by atoms with Crippen LogP contribution in [0.5, 0.6) is 0 Å². The molecule has 1 saturated heterocycles. The van der Waals surface area contributed by atoms with Gasteiger partial charge in [-0.1, -0.05) is 13.3 Å². The molecule has 0 aromatic carbocycles. The SMILES string of the molecule is CC1SCCN(C(=O)CC2(CN)CCC2)C1C. The van der Waals surface area contributed by atoms with Crippen LogP contribution in [0.1, 0.15) is 39.5 Å². The van der Waals surface area contributed by atoms with Gasteiger partial charge in [-0.3, -0.25) is 4.79 Å². The second kappa shape index (κ2) is 5.19. The van der Waals surface area contributed by atoms with Crippen LogP contribution in [0, 0.1) is 5.41 Å². The summed E-state index contributed by atoms with van der Waals surface area (Å²) in [5.41, 5.74) is 5.98. The van der Waals surface area contributed by atoms with E-state index in [1.165, 1.54) is 6.42 Å². The fourth-order valence-corrected chi connectivity index (χ4v) is 3.94. The van der Waals surface area contributed by atoms with E-state index in [4.69, 9.17) is 5.73 Å². The van der Waals surface area contributed by atoms with Crippen molar-refractivity contribution in [1.82, 2.24) is 4.90 Å². The van der Waals surface area contributed by atoms with E-state index in [-0.39, 0.29) is 5.41 Å². The Bertz CT molecular complexity index is 286. The van der Waals surface area contributed by atoms with E-state index in [9.17, 15) is 4.79 Å². The molecule has 98 valence electrons. The zero-order valence-electron chi connectivity index (χ0n) is 10.9. The summed E-state index contributed by atoms with van der Waals surface area (Å²) in [4.78, 5) is 14.5. The lowest BCUT2D eigenvalue weighted by Gasteiger charge is -2.44. The average Bonchev–Trinajstić information content (AvgIpc) is 2.27. The van der Waals surface area contributed by atoms with Crippen LogP contribution in [0.4, 0.5) is 0 Å². The molecule has 1 amide bonds. The smallest absolute Gasteiger partial charge is 0.223 e. The molecule has 1 aliphatic heterocycles. The molecule has 0 bridgehead atoms. The standard InChI is InChI=1S/C13H24N2OS/c1-10-11(2)17-7-6-15(10)12(16)8-13(9-14)4-3-5-13/h10-11H,3-9,14H2,1-2H3. The van der Waals surface area contributed by atoms with Crippen LogP contribution in [-0.4, -0.2) is 40.9 Å². The second-order valence-corrected chi connectivity index (χ2v) is 7.12. The lowest BCUT2D eigenvalue weighted by molar-refractivity contribution is -0.137. The minimum absolute atomic E-state index is 0.143. The maximum atomic E-state index is 12.4. The lowest BCUT2D eigenvalue weighted by atomic mass is 9.66. The fraction of sp³-hybridized carbons (Fsp3) is 0.923. The molecule has 2 unspecified atom stereocenters. The third-order valence-electron chi connectivity index (χ3n) is 4.58. The number of nitrogens with two attached hydrogens (primary N) is 1. The molecule has 1 aliphatic carbocycles. The molecule has 2 atom stereocenters. The molecule has 1 heterocycles. The highest BCUT2D eigenvalue weighted by molar-refractivity contribution is 8.00. The van der Waals surface area contributed by atoms with Crippen LogP contribution in [-0.2, 0) is 4.79 Å². The van der Waals surface area contributed by atoms with Gasteiger partial charge in [0, 0.05) is 30.0 Å². The molecule has 0 aromatic heterocycles. The van der Waals surface area contributed by atoms with Gasteiger partial charge in [0.1, 0.15) is 0 Å². The summed E-state index contributed by atoms with van der Waals surface area (Å²) in [5, 5.41) is 0.558. The van der Waals surface area contributed by atoms with E-state index in [1.807, 2.05) is 11.8 Å². The van der Waals surface area contributed by atoms with Crippen LogP contribution >= 0.6 is 11.8 Å². The first-order valence-electron chi connectivity index (χ1n) is 6.69. The molecule has 1 saturated carbocycles. The lowest BCUT2D eigenvalue weighted by Crippen LogP contribution is -2.51. The average molecular weight is 256 g/mol. The Balaban J connectivity index is 1.95. The number of hydrogen-bond donors (Lipinski definition) is 1. The summed E-state index contributed by atoms with van der Waals surface area (Å²) < 4.78 is 0. The minimum Gasteiger partial charge on any atom is -0.338 e. The third-order valence-corrected chi connectivity index (χ3v) is 5.92. The molecule has 0 radical (unpaired) electrons. The molecule has 2 rings (SSSR count). The van der Waals surface area contributed by atoms with Crippen molar-refractivity contribution in [2.24, 2.45) is 11.1 Å². The molecule has 0 spiro atoms. The van der Waals surface area contributed by atoms with E-state index in [0.717, 1.165) is 25.1 Å². The van der Waals surface area contributed by atoms with Crippen molar-refractivity contribution in [3.05, 3.63) is 0 Å². The van der Waals surface area contributed by atoms with Gasteiger partial charge in [0.15, 0.2) is 0 Å². The highest BCUT2D eigenvalue weighted by atomic mass is 32.2. The molecule has 2 aliphatic rings. The maximum absolute atomic E-state index is 12.4. The van der Waals surface area contributed by atoms with E-state index in [1.54, 1.807) is 0 Å². The van der Waals surface area contributed by atoms with Gasteiger partial charge in [-0.15, -0.1) is 0 Å². The number of nitrogens with zero attached hydrogens (tertiary/aromatic N) is 1. The number of carbonyl (C=O) groups is 1. The normalized spacial score (nSPS) is 32.1. The van der Waals surface area contributed by atoms with Gasteiger partial charge in [0.05, 0.1) is 0 Å². The van der Waals surface area contributed by atoms with Gasteiger partial charge in [-0.05, 0) is 31.7 Å². The van der Waals surface area contributed by atoms with Gasteiger partial charge in [-0.25, -0.2) is 0 Å². The van der Waals surface area contributed by atoms with Gasteiger partial charge in [0.25, 0.3) is 0 Å². The summed E-state index contributed by atoms with van der Waals surface area (Å²) in [5.74, 6) is 1.40. The van der Waals surface area contributed by atoms with Gasteiger partial charge >= 0.3 is 0 Å². The summed E-state index contributed by atoms with van der Waals surface area (Å²) >= 11 is 1.97. The van der Waals surface area contributed by atoms with Crippen LogP contribution in [0.2, 0.25) is 0 Å². The summed E-state index contributed by atoms with van der Waals surface area (Å²) in [6, 6.07) is 0.371. The first kappa shape index (κ1) is 13.2.